The average Bonchev–Trinajstić information content (AvgIpc) is 2.79. The number of hydrogen-bond acceptors (Lipinski definition) is 5. The predicted octanol–water partition coefficient (Wildman–Crippen LogP) is 2.06. The van der Waals surface area contributed by atoms with Gasteiger partial charge in [-0.25, -0.2) is 9.78 Å². The number of ether oxygens (including phenoxy) is 2. The van der Waals surface area contributed by atoms with E-state index in [9.17, 15) is 9.59 Å². The zero-order valence-electron chi connectivity index (χ0n) is 13.2. The Hall–Kier alpha value is -2.37. The fourth-order valence-corrected chi connectivity index (χ4v) is 2.83. The summed E-state index contributed by atoms with van der Waals surface area (Å²) < 4.78 is 12.0. The van der Waals surface area contributed by atoms with Gasteiger partial charge in [-0.3, -0.25) is 9.36 Å². The van der Waals surface area contributed by atoms with Gasteiger partial charge in [-0.2, -0.15) is 0 Å². The number of esters is 1. The van der Waals surface area contributed by atoms with Gasteiger partial charge in [0.25, 0.3) is 5.56 Å². The molecule has 2 aromatic rings. The molecule has 0 unspecified atom stereocenters. The topological polar surface area (TPSA) is 70.4 Å². The second kappa shape index (κ2) is 6.81. The van der Waals surface area contributed by atoms with Crippen molar-refractivity contribution in [1.29, 1.82) is 0 Å². The van der Waals surface area contributed by atoms with Gasteiger partial charge in [0.15, 0.2) is 6.61 Å². The molecule has 0 saturated heterocycles. The summed E-state index contributed by atoms with van der Waals surface area (Å²) in [4.78, 5) is 28.7. The number of hydrogen-bond donors (Lipinski definition) is 0. The van der Waals surface area contributed by atoms with Crippen LogP contribution in [0.1, 0.15) is 32.0 Å². The molecule has 0 N–H and O–H groups in total. The molecule has 0 fully saturated rings. The van der Waals surface area contributed by atoms with Gasteiger partial charge in [-0.1, -0.05) is 6.42 Å². The van der Waals surface area contributed by atoms with Crippen LogP contribution in [-0.4, -0.2) is 28.7 Å². The highest BCUT2D eigenvalue weighted by molar-refractivity contribution is 5.79. The number of fused-ring (bicyclic) bond motifs is 2. The molecule has 0 bridgehead atoms. The van der Waals surface area contributed by atoms with E-state index in [1.165, 1.54) is 0 Å². The normalized spacial score (nSPS) is 14.1. The Balaban J connectivity index is 1.91. The molecular formula is C17H20N2O4. The van der Waals surface area contributed by atoms with Gasteiger partial charge in [0.05, 0.1) is 17.5 Å². The predicted molar refractivity (Wildman–Crippen MR) is 85.7 cm³/mol. The lowest BCUT2D eigenvalue weighted by molar-refractivity contribution is -0.145. The summed E-state index contributed by atoms with van der Waals surface area (Å²) in [5.74, 6) is 0.906. The Kier molecular flexibility index (Phi) is 4.60. The van der Waals surface area contributed by atoms with Crippen molar-refractivity contribution in [2.75, 3.05) is 13.2 Å². The lowest BCUT2D eigenvalue weighted by Crippen LogP contribution is -2.24. The summed E-state index contributed by atoms with van der Waals surface area (Å²) in [7, 11) is 0. The minimum absolute atomic E-state index is 0.0338. The van der Waals surface area contributed by atoms with Crippen LogP contribution in [-0.2, 0) is 22.5 Å². The first kappa shape index (κ1) is 15.5. The van der Waals surface area contributed by atoms with Gasteiger partial charge in [0.2, 0.25) is 0 Å². The highest BCUT2D eigenvalue weighted by Crippen LogP contribution is 2.19. The molecule has 1 aromatic carbocycles. The molecule has 6 heteroatoms. The SMILES string of the molecule is CCOC(=O)COc1ccc2nc3n(c(=O)c2c1)CCCCC3. The maximum atomic E-state index is 12.7. The monoisotopic (exact) mass is 316 g/mol. The minimum Gasteiger partial charge on any atom is -0.482 e. The molecule has 0 saturated carbocycles. The summed E-state index contributed by atoms with van der Waals surface area (Å²) in [6.45, 7) is 2.60. The molecule has 122 valence electrons. The fourth-order valence-electron chi connectivity index (χ4n) is 2.83. The summed E-state index contributed by atoms with van der Waals surface area (Å²) in [5.41, 5.74) is 0.639. The van der Waals surface area contributed by atoms with Crippen LogP contribution in [0.2, 0.25) is 0 Å². The molecule has 3 rings (SSSR count). The number of benzene rings is 1. The second-order valence-electron chi connectivity index (χ2n) is 5.57. The Morgan fingerprint density at radius 1 is 1.30 bits per heavy atom. The van der Waals surface area contributed by atoms with E-state index in [-0.39, 0.29) is 12.2 Å². The van der Waals surface area contributed by atoms with E-state index < -0.39 is 5.97 Å². The Labute approximate surface area is 134 Å². The maximum absolute atomic E-state index is 12.7. The molecule has 0 amide bonds. The Morgan fingerprint density at radius 3 is 3.00 bits per heavy atom. The first-order chi connectivity index (χ1) is 11.2. The Morgan fingerprint density at radius 2 is 2.17 bits per heavy atom. The van der Waals surface area contributed by atoms with Crippen molar-refractivity contribution >= 4 is 16.9 Å². The number of aryl methyl sites for hydroxylation is 1. The van der Waals surface area contributed by atoms with Crippen LogP contribution >= 0.6 is 0 Å². The van der Waals surface area contributed by atoms with Crippen LogP contribution in [0.4, 0.5) is 0 Å². The number of nitrogens with zero attached hydrogens (tertiary/aromatic N) is 2. The third kappa shape index (κ3) is 3.36. The van der Waals surface area contributed by atoms with E-state index in [2.05, 4.69) is 4.98 Å². The van der Waals surface area contributed by atoms with Crippen LogP contribution in [0, 0.1) is 0 Å². The molecule has 2 heterocycles. The van der Waals surface area contributed by atoms with Crippen LogP contribution < -0.4 is 10.3 Å². The first-order valence-corrected chi connectivity index (χ1v) is 8.01. The van der Waals surface area contributed by atoms with Crippen molar-refractivity contribution in [3.05, 3.63) is 34.4 Å². The van der Waals surface area contributed by atoms with Crippen molar-refractivity contribution in [3.63, 3.8) is 0 Å². The van der Waals surface area contributed by atoms with Crippen LogP contribution in [0.15, 0.2) is 23.0 Å². The summed E-state index contributed by atoms with van der Waals surface area (Å²) in [5, 5.41) is 0.525. The summed E-state index contributed by atoms with van der Waals surface area (Å²) in [6.07, 6.45) is 4.02. The van der Waals surface area contributed by atoms with Crippen molar-refractivity contribution in [2.45, 2.75) is 39.2 Å². The van der Waals surface area contributed by atoms with Gasteiger partial charge in [-0.15, -0.1) is 0 Å². The van der Waals surface area contributed by atoms with Crippen molar-refractivity contribution in [2.24, 2.45) is 0 Å². The summed E-state index contributed by atoms with van der Waals surface area (Å²) >= 11 is 0. The molecular weight excluding hydrogens is 296 g/mol. The van der Waals surface area contributed by atoms with E-state index in [1.54, 1.807) is 29.7 Å². The van der Waals surface area contributed by atoms with E-state index in [0.29, 0.717) is 29.8 Å². The second-order valence-corrected chi connectivity index (χ2v) is 5.57. The van der Waals surface area contributed by atoms with Crippen LogP contribution in [0.25, 0.3) is 10.9 Å². The van der Waals surface area contributed by atoms with Gasteiger partial charge in [0, 0.05) is 13.0 Å². The van der Waals surface area contributed by atoms with Gasteiger partial charge in [0.1, 0.15) is 11.6 Å². The standard InChI is InChI=1S/C17H20N2O4/c1-2-22-16(20)11-23-12-7-8-14-13(10-12)17(21)19-9-5-3-4-6-15(19)18-14/h7-8,10H,2-6,9,11H2,1H3. The van der Waals surface area contributed by atoms with E-state index >= 15 is 0 Å². The number of rotatable bonds is 4. The van der Waals surface area contributed by atoms with Crippen molar-refractivity contribution in [3.8, 4) is 5.75 Å². The molecule has 0 aliphatic carbocycles. The molecule has 1 aromatic heterocycles. The van der Waals surface area contributed by atoms with Gasteiger partial charge in [-0.05, 0) is 38.0 Å². The van der Waals surface area contributed by atoms with E-state index in [0.717, 1.165) is 31.5 Å². The molecule has 0 atom stereocenters. The van der Waals surface area contributed by atoms with E-state index in [4.69, 9.17) is 9.47 Å². The average molecular weight is 316 g/mol. The molecule has 0 spiro atoms. The van der Waals surface area contributed by atoms with Crippen molar-refractivity contribution < 1.29 is 14.3 Å². The lowest BCUT2D eigenvalue weighted by atomic mass is 10.2. The Bertz CT molecular complexity index is 782. The zero-order valence-corrected chi connectivity index (χ0v) is 13.2. The number of carbonyl (C=O) groups excluding carboxylic acids is 1. The third-order valence-electron chi connectivity index (χ3n) is 3.95. The van der Waals surface area contributed by atoms with Crippen LogP contribution in [0.3, 0.4) is 0 Å². The first-order valence-electron chi connectivity index (χ1n) is 8.01. The number of aromatic nitrogens is 2. The fraction of sp³-hybridized carbons (Fsp3) is 0.471. The highest BCUT2D eigenvalue weighted by Gasteiger charge is 2.14. The smallest absolute Gasteiger partial charge is 0.344 e. The molecule has 6 nitrogen and oxygen atoms in total. The summed E-state index contributed by atoms with van der Waals surface area (Å²) in [6, 6.07) is 5.15. The lowest BCUT2D eigenvalue weighted by Gasteiger charge is -2.11. The van der Waals surface area contributed by atoms with Crippen LogP contribution in [0.5, 0.6) is 5.75 Å². The molecule has 1 aliphatic rings. The largest absolute Gasteiger partial charge is 0.482 e. The minimum atomic E-state index is -0.427. The van der Waals surface area contributed by atoms with Gasteiger partial charge >= 0.3 is 5.97 Å². The number of carbonyl (C=O) groups is 1. The molecule has 23 heavy (non-hydrogen) atoms. The third-order valence-corrected chi connectivity index (χ3v) is 3.95. The quantitative estimate of drug-likeness (QED) is 0.808. The zero-order chi connectivity index (χ0) is 16.2. The molecule has 0 radical (unpaired) electrons. The van der Waals surface area contributed by atoms with Gasteiger partial charge < -0.3 is 9.47 Å². The maximum Gasteiger partial charge on any atom is 0.344 e. The highest BCUT2D eigenvalue weighted by atomic mass is 16.6. The van der Waals surface area contributed by atoms with Crippen molar-refractivity contribution in [1.82, 2.24) is 9.55 Å². The van der Waals surface area contributed by atoms with E-state index in [1.807, 2.05) is 0 Å². The molecule has 1 aliphatic heterocycles.